The van der Waals surface area contributed by atoms with E-state index < -0.39 is 0 Å². The van der Waals surface area contributed by atoms with Gasteiger partial charge >= 0.3 is 0 Å². The molecular weight excluding hydrogens is 264 g/mol. The summed E-state index contributed by atoms with van der Waals surface area (Å²) in [6, 6.07) is 4.94. The first-order valence-electron chi connectivity index (χ1n) is 6.20. The number of hydrogen-bond acceptors (Lipinski definition) is 3. The minimum absolute atomic E-state index is 0.0151. The number of hydrogen-bond donors (Lipinski definition) is 2. The number of benzene rings is 1. The molecule has 0 unspecified atom stereocenters. The van der Waals surface area contributed by atoms with Gasteiger partial charge in [0.1, 0.15) is 6.61 Å². The summed E-state index contributed by atoms with van der Waals surface area (Å²) in [5.41, 5.74) is 6.89. The number of anilines is 2. The maximum absolute atomic E-state index is 11.7. The van der Waals surface area contributed by atoms with Crippen molar-refractivity contribution in [3.63, 3.8) is 0 Å². The third-order valence-corrected chi connectivity index (χ3v) is 2.82. The lowest BCUT2D eigenvalue weighted by Crippen LogP contribution is -2.20. The highest BCUT2D eigenvalue weighted by molar-refractivity contribution is 6.33. The molecule has 0 saturated carbocycles. The standard InChI is InChI=1S/C14H21ClN2O2/c1-14(2,3)6-7-19-9-13(18)17-12-8-10(16)4-5-11(12)15/h4-5,8H,6-7,9,16H2,1-3H3,(H,17,18). The van der Waals surface area contributed by atoms with Crippen LogP contribution in [0.4, 0.5) is 11.4 Å². The number of nitrogen functional groups attached to an aromatic ring is 1. The quantitative estimate of drug-likeness (QED) is 0.644. The van der Waals surface area contributed by atoms with Gasteiger partial charge in [-0.2, -0.15) is 0 Å². The molecule has 0 spiro atoms. The highest BCUT2D eigenvalue weighted by Gasteiger charge is 2.11. The van der Waals surface area contributed by atoms with Gasteiger partial charge in [-0.15, -0.1) is 0 Å². The maximum atomic E-state index is 11.7. The molecular formula is C14H21ClN2O2. The van der Waals surface area contributed by atoms with E-state index in [4.69, 9.17) is 22.1 Å². The minimum atomic E-state index is -0.235. The molecule has 0 aliphatic carbocycles. The molecule has 0 heterocycles. The van der Waals surface area contributed by atoms with Gasteiger partial charge < -0.3 is 15.8 Å². The molecule has 5 heteroatoms. The van der Waals surface area contributed by atoms with Crippen LogP contribution in [0.15, 0.2) is 18.2 Å². The second-order valence-corrected chi connectivity index (χ2v) is 6.06. The summed E-state index contributed by atoms with van der Waals surface area (Å²) in [4.78, 5) is 11.7. The van der Waals surface area contributed by atoms with E-state index >= 15 is 0 Å². The topological polar surface area (TPSA) is 64.3 Å². The summed E-state index contributed by atoms with van der Waals surface area (Å²) in [6.45, 7) is 6.96. The summed E-state index contributed by atoms with van der Waals surface area (Å²) >= 11 is 5.95. The van der Waals surface area contributed by atoms with Crippen molar-refractivity contribution in [3.8, 4) is 0 Å². The molecule has 1 aromatic rings. The zero-order chi connectivity index (χ0) is 14.5. The van der Waals surface area contributed by atoms with Crippen LogP contribution in [0.2, 0.25) is 5.02 Å². The van der Waals surface area contributed by atoms with Crippen molar-refractivity contribution in [2.45, 2.75) is 27.2 Å². The molecule has 4 nitrogen and oxygen atoms in total. The monoisotopic (exact) mass is 284 g/mol. The summed E-state index contributed by atoms with van der Waals surface area (Å²) in [5, 5.41) is 3.13. The van der Waals surface area contributed by atoms with Gasteiger partial charge in [-0.05, 0) is 30.0 Å². The van der Waals surface area contributed by atoms with Gasteiger partial charge in [0.05, 0.1) is 10.7 Å². The van der Waals surface area contributed by atoms with Gasteiger partial charge in [-0.3, -0.25) is 4.79 Å². The molecule has 0 aliphatic rings. The first-order valence-corrected chi connectivity index (χ1v) is 6.58. The number of ether oxygens (including phenoxy) is 1. The molecule has 0 bridgehead atoms. The number of nitrogens with two attached hydrogens (primary N) is 1. The fraction of sp³-hybridized carbons (Fsp3) is 0.500. The van der Waals surface area contributed by atoms with Crippen LogP contribution in [0.3, 0.4) is 0 Å². The average molecular weight is 285 g/mol. The summed E-state index contributed by atoms with van der Waals surface area (Å²) < 4.78 is 5.33. The Hall–Kier alpha value is -1.26. The fourth-order valence-corrected chi connectivity index (χ4v) is 1.53. The first-order chi connectivity index (χ1) is 8.78. The summed E-state index contributed by atoms with van der Waals surface area (Å²) in [5.74, 6) is -0.235. The number of carbonyl (C=O) groups excluding carboxylic acids is 1. The van der Waals surface area contributed by atoms with Gasteiger partial charge in [0, 0.05) is 12.3 Å². The molecule has 0 radical (unpaired) electrons. The Balaban J connectivity index is 2.37. The van der Waals surface area contributed by atoms with Gasteiger partial charge in [0.2, 0.25) is 5.91 Å². The first kappa shape index (κ1) is 15.8. The van der Waals surface area contributed by atoms with E-state index in [1.165, 1.54) is 0 Å². The predicted octanol–water partition coefficient (Wildman–Crippen LogP) is 3.31. The highest BCUT2D eigenvalue weighted by Crippen LogP contribution is 2.24. The number of rotatable bonds is 5. The lowest BCUT2D eigenvalue weighted by Gasteiger charge is -2.17. The number of carbonyl (C=O) groups is 1. The molecule has 0 fully saturated rings. The molecule has 0 aromatic heterocycles. The van der Waals surface area contributed by atoms with Crippen molar-refractivity contribution in [1.29, 1.82) is 0 Å². The van der Waals surface area contributed by atoms with Crippen molar-refractivity contribution in [2.24, 2.45) is 5.41 Å². The smallest absolute Gasteiger partial charge is 0.250 e. The predicted molar refractivity (Wildman–Crippen MR) is 79.4 cm³/mol. The highest BCUT2D eigenvalue weighted by atomic mass is 35.5. The molecule has 0 aliphatic heterocycles. The Kier molecular flexibility index (Phi) is 5.63. The average Bonchev–Trinajstić information content (AvgIpc) is 2.28. The van der Waals surface area contributed by atoms with E-state index in [1.54, 1.807) is 18.2 Å². The second kappa shape index (κ2) is 6.78. The van der Waals surface area contributed by atoms with Crippen molar-refractivity contribution in [1.82, 2.24) is 0 Å². The van der Waals surface area contributed by atoms with Gasteiger partial charge in [-0.1, -0.05) is 32.4 Å². The third kappa shape index (κ3) is 6.45. The second-order valence-electron chi connectivity index (χ2n) is 5.65. The number of nitrogens with one attached hydrogen (secondary N) is 1. The SMILES string of the molecule is CC(C)(C)CCOCC(=O)Nc1cc(N)ccc1Cl. The molecule has 1 rings (SSSR count). The van der Waals surface area contributed by atoms with Crippen LogP contribution in [0.1, 0.15) is 27.2 Å². The van der Waals surface area contributed by atoms with Crippen LogP contribution >= 0.6 is 11.6 Å². The van der Waals surface area contributed by atoms with Crippen LogP contribution in [-0.2, 0) is 9.53 Å². The lowest BCUT2D eigenvalue weighted by molar-refractivity contribution is -0.120. The molecule has 0 saturated heterocycles. The largest absolute Gasteiger partial charge is 0.399 e. The normalized spacial score (nSPS) is 11.4. The maximum Gasteiger partial charge on any atom is 0.250 e. The van der Waals surface area contributed by atoms with Gasteiger partial charge in [0.15, 0.2) is 0 Å². The third-order valence-electron chi connectivity index (χ3n) is 2.49. The van der Waals surface area contributed by atoms with E-state index in [0.29, 0.717) is 23.0 Å². The minimum Gasteiger partial charge on any atom is -0.399 e. The molecule has 1 amide bonds. The zero-order valence-corrected chi connectivity index (χ0v) is 12.4. The molecule has 1 aromatic carbocycles. The summed E-state index contributed by atoms with van der Waals surface area (Å²) in [7, 11) is 0. The van der Waals surface area contributed by atoms with Gasteiger partial charge in [0.25, 0.3) is 0 Å². The number of amides is 1. The van der Waals surface area contributed by atoms with Crippen LogP contribution in [0.5, 0.6) is 0 Å². The van der Waals surface area contributed by atoms with Crippen LogP contribution in [-0.4, -0.2) is 19.1 Å². The van der Waals surface area contributed by atoms with Crippen LogP contribution < -0.4 is 11.1 Å². The van der Waals surface area contributed by atoms with E-state index in [-0.39, 0.29) is 17.9 Å². The fourth-order valence-electron chi connectivity index (χ4n) is 1.37. The zero-order valence-electron chi connectivity index (χ0n) is 11.6. The molecule has 3 N–H and O–H groups in total. The van der Waals surface area contributed by atoms with Gasteiger partial charge in [-0.25, -0.2) is 0 Å². The Bertz CT molecular complexity index is 442. The Labute approximate surface area is 119 Å². The Morgan fingerprint density at radius 3 is 2.74 bits per heavy atom. The van der Waals surface area contributed by atoms with Crippen molar-refractivity contribution in [2.75, 3.05) is 24.3 Å². The van der Waals surface area contributed by atoms with E-state index in [1.807, 2.05) is 0 Å². The van der Waals surface area contributed by atoms with Crippen molar-refractivity contribution >= 4 is 28.9 Å². The van der Waals surface area contributed by atoms with Crippen molar-refractivity contribution in [3.05, 3.63) is 23.2 Å². The Morgan fingerprint density at radius 2 is 2.11 bits per heavy atom. The summed E-state index contributed by atoms with van der Waals surface area (Å²) in [6.07, 6.45) is 0.902. The molecule has 106 valence electrons. The van der Waals surface area contributed by atoms with Crippen LogP contribution in [0.25, 0.3) is 0 Å². The van der Waals surface area contributed by atoms with E-state index in [0.717, 1.165) is 6.42 Å². The van der Waals surface area contributed by atoms with Crippen molar-refractivity contribution < 1.29 is 9.53 Å². The lowest BCUT2D eigenvalue weighted by atomic mass is 9.93. The van der Waals surface area contributed by atoms with E-state index in [9.17, 15) is 4.79 Å². The molecule has 19 heavy (non-hydrogen) atoms. The van der Waals surface area contributed by atoms with E-state index in [2.05, 4.69) is 26.1 Å². The van der Waals surface area contributed by atoms with Crippen LogP contribution in [0, 0.1) is 5.41 Å². The Morgan fingerprint density at radius 1 is 1.42 bits per heavy atom. The number of halogens is 1. The molecule has 0 atom stereocenters.